The quantitative estimate of drug-likeness (QED) is 0.368. The van der Waals surface area contributed by atoms with Gasteiger partial charge in [-0.15, -0.1) is 0 Å². The van der Waals surface area contributed by atoms with Crippen molar-refractivity contribution < 1.29 is 32.3 Å². The Morgan fingerprint density at radius 1 is 1.12 bits per heavy atom. The molecule has 3 heterocycles. The van der Waals surface area contributed by atoms with Gasteiger partial charge in [0.1, 0.15) is 5.82 Å². The fraction of sp³-hybridized carbons (Fsp3) is 0.414. The number of urea groups is 1. The maximum atomic E-state index is 14.6. The van der Waals surface area contributed by atoms with Gasteiger partial charge in [0.15, 0.2) is 5.82 Å². The van der Waals surface area contributed by atoms with Gasteiger partial charge in [-0.2, -0.15) is 18.3 Å². The highest BCUT2D eigenvalue weighted by atomic mass is 19.4. The SMILES string of the molecule is Cc1cccc(F)c1N1CCC(N2Cc3cn(CC(C)C(=O)O)nc3N(Cc3ccccc3C(F)(F)F)C2=O)CC1. The van der Waals surface area contributed by atoms with Crippen molar-refractivity contribution >= 4 is 23.5 Å². The van der Waals surface area contributed by atoms with E-state index >= 15 is 0 Å². The van der Waals surface area contributed by atoms with Crippen LogP contribution in [0.15, 0.2) is 48.7 Å². The molecule has 1 saturated heterocycles. The van der Waals surface area contributed by atoms with Crippen molar-refractivity contribution in [2.24, 2.45) is 5.92 Å². The monoisotopic (exact) mass is 573 g/mol. The average Bonchev–Trinajstić information content (AvgIpc) is 3.32. The Labute approximate surface area is 234 Å². The van der Waals surface area contributed by atoms with Crippen molar-refractivity contribution in [2.75, 3.05) is 22.9 Å². The van der Waals surface area contributed by atoms with E-state index in [0.29, 0.717) is 37.2 Å². The number of aryl methyl sites for hydroxylation is 1. The molecule has 0 saturated carbocycles. The van der Waals surface area contributed by atoms with Gasteiger partial charge in [-0.25, -0.2) is 9.18 Å². The first kappa shape index (κ1) is 28.4. The van der Waals surface area contributed by atoms with Crippen LogP contribution in [-0.2, 0) is 30.6 Å². The maximum Gasteiger partial charge on any atom is 0.416 e. The molecule has 2 amide bonds. The molecule has 0 aliphatic carbocycles. The van der Waals surface area contributed by atoms with Crippen molar-refractivity contribution in [3.63, 3.8) is 0 Å². The van der Waals surface area contributed by atoms with Crippen molar-refractivity contribution in [3.05, 3.63) is 76.7 Å². The van der Waals surface area contributed by atoms with Gasteiger partial charge < -0.3 is 14.9 Å². The molecule has 2 aliphatic rings. The Morgan fingerprint density at radius 2 is 1.83 bits per heavy atom. The Bertz CT molecular complexity index is 1430. The predicted octanol–water partition coefficient (Wildman–Crippen LogP) is 5.68. The number of carboxylic acids is 1. The second kappa shape index (κ2) is 11.1. The third-order valence-corrected chi connectivity index (χ3v) is 7.83. The summed E-state index contributed by atoms with van der Waals surface area (Å²) in [6, 6.07) is 9.35. The third-order valence-electron chi connectivity index (χ3n) is 7.83. The number of hydrogen-bond acceptors (Lipinski definition) is 4. The van der Waals surface area contributed by atoms with Gasteiger partial charge in [-0.3, -0.25) is 14.4 Å². The van der Waals surface area contributed by atoms with E-state index in [1.807, 2.05) is 17.9 Å². The van der Waals surface area contributed by atoms with Crippen LogP contribution in [0.3, 0.4) is 0 Å². The average molecular weight is 574 g/mol. The number of carboxylic acid groups (broad SMARTS) is 1. The fourth-order valence-electron chi connectivity index (χ4n) is 5.70. The molecular formula is C29H31F4N5O3. The first-order valence-electron chi connectivity index (χ1n) is 13.5. The van der Waals surface area contributed by atoms with Crippen molar-refractivity contribution in [1.29, 1.82) is 0 Å². The van der Waals surface area contributed by atoms with Gasteiger partial charge in [-0.1, -0.05) is 37.3 Å². The number of anilines is 2. The number of para-hydroxylation sites is 1. The summed E-state index contributed by atoms with van der Waals surface area (Å²) >= 11 is 0. The summed E-state index contributed by atoms with van der Waals surface area (Å²) in [6.45, 7) is 4.28. The second-order valence-corrected chi connectivity index (χ2v) is 10.7. The van der Waals surface area contributed by atoms with Crippen LogP contribution >= 0.6 is 0 Å². The summed E-state index contributed by atoms with van der Waals surface area (Å²) < 4.78 is 57.4. The first-order valence-corrected chi connectivity index (χ1v) is 13.5. The molecule has 0 bridgehead atoms. The lowest BCUT2D eigenvalue weighted by Crippen LogP contribution is -2.54. The van der Waals surface area contributed by atoms with E-state index in [2.05, 4.69) is 5.10 Å². The van der Waals surface area contributed by atoms with Crippen LogP contribution in [0, 0.1) is 18.7 Å². The van der Waals surface area contributed by atoms with Crippen molar-refractivity contribution in [1.82, 2.24) is 14.7 Å². The lowest BCUT2D eigenvalue weighted by Gasteiger charge is -2.43. The number of aliphatic carboxylic acids is 1. The minimum Gasteiger partial charge on any atom is -0.481 e. The van der Waals surface area contributed by atoms with Crippen molar-refractivity contribution in [3.8, 4) is 0 Å². The topological polar surface area (TPSA) is 81.9 Å². The smallest absolute Gasteiger partial charge is 0.416 e. The zero-order chi connectivity index (χ0) is 29.5. The van der Waals surface area contributed by atoms with Crippen LogP contribution in [0.1, 0.15) is 42.0 Å². The Hall–Kier alpha value is -4.09. The molecule has 12 heteroatoms. The van der Waals surface area contributed by atoms with Gasteiger partial charge in [0.05, 0.1) is 36.8 Å². The number of halogens is 4. The number of carbonyl (C=O) groups excluding carboxylic acids is 1. The van der Waals surface area contributed by atoms with Crippen LogP contribution in [0.5, 0.6) is 0 Å². The number of nitrogens with zero attached hydrogens (tertiary/aromatic N) is 5. The number of amides is 2. The zero-order valence-electron chi connectivity index (χ0n) is 22.7. The third kappa shape index (κ3) is 5.73. The molecule has 3 aromatic rings. The maximum absolute atomic E-state index is 14.6. The molecule has 1 atom stereocenters. The second-order valence-electron chi connectivity index (χ2n) is 10.7. The molecule has 41 heavy (non-hydrogen) atoms. The Morgan fingerprint density at radius 3 is 2.49 bits per heavy atom. The summed E-state index contributed by atoms with van der Waals surface area (Å²) in [5.74, 6) is -1.85. The molecule has 1 unspecified atom stereocenters. The largest absolute Gasteiger partial charge is 0.481 e. The van der Waals surface area contributed by atoms with Gasteiger partial charge >= 0.3 is 18.2 Å². The highest BCUT2D eigenvalue weighted by Gasteiger charge is 2.40. The summed E-state index contributed by atoms with van der Waals surface area (Å²) in [5, 5.41) is 13.8. The first-order chi connectivity index (χ1) is 19.4. The molecule has 0 spiro atoms. The van der Waals surface area contributed by atoms with Crippen LogP contribution in [-0.4, -0.2) is 50.9 Å². The number of piperidine rings is 1. The van der Waals surface area contributed by atoms with Gasteiger partial charge in [0, 0.05) is 30.9 Å². The van der Waals surface area contributed by atoms with E-state index in [1.54, 1.807) is 17.2 Å². The molecular weight excluding hydrogens is 542 g/mol. The fourth-order valence-corrected chi connectivity index (χ4v) is 5.70. The van der Waals surface area contributed by atoms with Gasteiger partial charge in [-0.05, 0) is 43.0 Å². The van der Waals surface area contributed by atoms with E-state index in [9.17, 15) is 32.3 Å². The van der Waals surface area contributed by atoms with Gasteiger partial charge in [0.2, 0.25) is 0 Å². The predicted molar refractivity (Wildman–Crippen MR) is 144 cm³/mol. The summed E-state index contributed by atoms with van der Waals surface area (Å²) in [5.41, 5.74) is 1.08. The number of rotatable bonds is 7. The van der Waals surface area contributed by atoms with E-state index in [0.717, 1.165) is 11.6 Å². The standard InChI is InChI=1S/C29H31F4N5O3/c1-18-6-5-9-24(30)25(18)35-12-10-22(11-13-35)37-17-21-15-36(14-19(2)27(39)40)34-26(21)38(28(37)41)16-20-7-3-4-8-23(20)29(31,32)33/h3-9,15,19,22H,10-14,16-17H2,1-2H3,(H,39,40). The minimum absolute atomic E-state index is 0.0455. The number of benzene rings is 2. The van der Waals surface area contributed by atoms with Crippen LogP contribution < -0.4 is 9.80 Å². The van der Waals surface area contributed by atoms with Crippen molar-refractivity contribution in [2.45, 2.75) is 58.5 Å². The molecule has 0 radical (unpaired) electrons. The molecule has 2 aliphatic heterocycles. The van der Waals surface area contributed by atoms with E-state index in [1.165, 1.54) is 40.8 Å². The summed E-state index contributed by atoms with van der Waals surface area (Å²) in [6.07, 6.45) is -1.85. The van der Waals surface area contributed by atoms with Gasteiger partial charge in [0.25, 0.3) is 0 Å². The zero-order valence-corrected chi connectivity index (χ0v) is 22.7. The highest BCUT2D eigenvalue weighted by molar-refractivity contribution is 5.94. The minimum atomic E-state index is -4.61. The molecule has 1 fully saturated rings. The van der Waals surface area contributed by atoms with E-state index in [4.69, 9.17) is 0 Å². The summed E-state index contributed by atoms with van der Waals surface area (Å²) in [7, 11) is 0. The Balaban J connectivity index is 1.43. The van der Waals surface area contributed by atoms with Crippen LogP contribution in [0.2, 0.25) is 0 Å². The number of aromatic nitrogens is 2. The number of hydrogen-bond donors (Lipinski definition) is 1. The highest BCUT2D eigenvalue weighted by Crippen LogP contribution is 2.37. The van der Waals surface area contributed by atoms with E-state index < -0.39 is 29.7 Å². The molecule has 5 rings (SSSR count). The van der Waals surface area contributed by atoms with Crippen LogP contribution in [0.4, 0.5) is 33.9 Å². The van der Waals surface area contributed by atoms with E-state index in [-0.39, 0.29) is 42.9 Å². The lowest BCUT2D eigenvalue weighted by molar-refractivity contribution is -0.141. The Kier molecular flexibility index (Phi) is 7.67. The number of fused-ring (bicyclic) bond motifs is 1. The lowest BCUT2D eigenvalue weighted by atomic mass is 10.00. The number of carbonyl (C=O) groups is 2. The molecule has 1 N–H and O–H groups in total. The molecule has 2 aromatic carbocycles. The molecule has 218 valence electrons. The van der Waals surface area contributed by atoms with Crippen LogP contribution in [0.25, 0.3) is 0 Å². The molecule has 8 nitrogen and oxygen atoms in total. The summed E-state index contributed by atoms with van der Waals surface area (Å²) in [4.78, 5) is 30.2. The number of alkyl halides is 3. The normalized spacial score (nSPS) is 17.1. The molecule has 1 aromatic heterocycles.